The summed E-state index contributed by atoms with van der Waals surface area (Å²) in [6.45, 7) is 0. The minimum absolute atomic E-state index is 0.271. The second-order valence-electron chi connectivity index (χ2n) is 2.66. The lowest BCUT2D eigenvalue weighted by Gasteiger charge is -2.10. The molecule has 0 aromatic heterocycles. The predicted octanol–water partition coefficient (Wildman–Crippen LogP) is 1.91. The molecule has 15 heavy (non-hydrogen) atoms. The molecular weight excluding hydrogens is 216 g/mol. The van der Waals surface area contributed by atoms with E-state index in [4.69, 9.17) is 5.73 Å². The van der Waals surface area contributed by atoms with Gasteiger partial charge in [-0.05, 0) is 12.1 Å². The molecular formula is C8H6F4N2O. The lowest BCUT2D eigenvalue weighted by Crippen LogP contribution is -2.30. The van der Waals surface area contributed by atoms with Gasteiger partial charge in [-0.15, -0.1) is 0 Å². The number of carbonyl (C=O) groups excluding carboxylic acids is 1. The number of alkyl halides is 3. The molecule has 3 N–H and O–H groups in total. The highest BCUT2D eigenvalue weighted by Crippen LogP contribution is 2.24. The van der Waals surface area contributed by atoms with Crippen molar-refractivity contribution in [1.29, 1.82) is 0 Å². The summed E-state index contributed by atoms with van der Waals surface area (Å²) >= 11 is 0. The summed E-state index contributed by atoms with van der Waals surface area (Å²) in [7, 11) is 0. The minimum atomic E-state index is -5.07. The van der Waals surface area contributed by atoms with Gasteiger partial charge in [-0.2, -0.15) is 13.2 Å². The number of hydrogen-bond acceptors (Lipinski definition) is 2. The molecule has 0 fully saturated rings. The van der Waals surface area contributed by atoms with Crippen LogP contribution < -0.4 is 11.1 Å². The number of rotatable bonds is 1. The van der Waals surface area contributed by atoms with Crippen LogP contribution in [-0.2, 0) is 4.79 Å². The van der Waals surface area contributed by atoms with Crippen molar-refractivity contribution in [3.05, 3.63) is 24.0 Å². The van der Waals surface area contributed by atoms with E-state index in [1.165, 1.54) is 17.4 Å². The molecule has 1 aromatic carbocycles. The molecule has 7 heteroatoms. The predicted molar refractivity (Wildman–Crippen MR) is 45.5 cm³/mol. The van der Waals surface area contributed by atoms with Crippen LogP contribution in [0.25, 0.3) is 0 Å². The molecule has 1 aromatic rings. The number of carbonyl (C=O) groups is 1. The van der Waals surface area contributed by atoms with Gasteiger partial charge in [-0.3, -0.25) is 4.79 Å². The van der Waals surface area contributed by atoms with Gasteiger partial charge >= 0.3 is 12.1 Å². The molecule has 0 aliphatic carbocycles. The average molecular weight is 222 g/mol. The first kappa shape index (κ1) is 11.3. The summed E-state index contributed by atoms with van der Waals surface area (Å²) in [5.41, 5.74) is 4.25. The van der Waals surface area contributed by atoms with Crippen LogP contribution in [0.1, 0.15) is 0 Å². The van der Waals surface area contributed by atoms with E-state index in [1.54, 1.807) is 0 Å². The Hall–Kier alpha value is -1.79. The van der Waals surface area contributed by atoms with Crippen LogP contribution in [0.5, 0.6) is 0 Å². The molecule has 0 saturated heterocycles. The maximum absolute atomic E-state index is 12.9. The maximum atomic E-state index is 12.9. The van der Waals surface area contributed by atoms with E-state index in [0.717, 1.165) is 6.07 Å². The second-order valence-corrected chi connectivity index (χ2v) is 2.66. The molecule has 0 spiro atoms. The molecule has 0 heterocycles. The van der Waals surface area contributed by atoms with Crippen LogP contribution in [0.15, 0.2) is 18.2 Å². The standard InChI is InChI=1S/C8H6F4N2O/c9-4-2-1-3-5(13)6(4)14-7(15)8(10,11)12/h1-3H,13H2,(H,14,15). The highest BCUT2D eigenvalue weighted by Gasteiger charge is 2.39. The number of amides is 1. The van der Waals surface area contributed by atoms with Crippen molar-refractivity contribution in [1.82, 2.24) is 0 Å². The molecule has 0 unspecified atom stereocenters. The molecule has 0 saturated carbocycles. The van der Waals surface area contributed by atoms with Gasteiger partial charge in [0.25, 0.3) is 0 Å². The first-order valence-electron chi connectivity index (χ1n) is 3.74. The lowest BCUT2D eigenvalue weighted by atomic mass is 10.2. The summed E-state index contributed by atoms with van der Waals surface area (Å²) in [5.74, 6) is -3.29. The molecule has 0 aliphatic rings. The fourth-order valence-corrected chi connectivity index (χ4v) is 0.857. The van der Waals surface area contributed by atoms with Crippen LogP contribution in [0.4, 0.5) is 28.9 Å². The number of hydrogen-bond donors (Lipinski definition) is 2. The summed E-state index contributed by atoms with van der Waals surface area (Å²) in [4.78, 5) is 10.5. The summed E-state index contributed by atoms with van der Waals surface area (Å²) in [5, 5.41) is 1.35. The summed E-state index contributed by atoms with van der Waals surface area (Å²) < 4.78 is 48.4. The average Bonchev–Trinajstić information content (AvgIpc) is 2.09. The smallest absolute Gasteiger partial charge is 0.397 e. The van der Waals surface area contributed by atoms with Crippen molar-refractivity contribution in [2.24, 2.45) is 0 Å². The van der Waals surface area contributed by atoms with Gasteiger partial charge in [0.05, 0.1) is 5.69 Å². The Kier molecular flexibility index (Phi) is 2.83. The zero-order chi connectivity index (χ0) is 11.6. The molecule has 0 atom stereocenters. The molecule has 1 amide bonds. The SMILES string of the molecule is Nc1cccc(F)c1NC(=O)C(F)(F)F. The van der Waals surface area contributed by atoms with Gasteiger partial charge in [0, 0.05) is 0 Å². The number of anilines is 2. The van der Waals surface area contributed by atoms with Gasteiger partial charge in [-0.25, -0.2) is 4.39 Å². The third-order valence-electron chi connectivity index (χ3n) is 1.54. The van der Waals surface area contributed by atoms with Gasteiger partial charge in [0.1, 0.15) is 11.5 Å². The van der Waals surface area contributed by atoms with Crippen molar-refractivity contribution in [2.45, 2.75) is 6.18 Å². The van der Waals surface area contributed by atoms with E-state index in [0.29, 0.717) is 0 Å². The number of nitrogens with two attached hydrogens (primary N) is 1. The largest absolute Gasteiger partial charge is 0.471 e. The highest BCUT2D eigenvalue weighted by atomic mass is 19.4. The number of nitrogen functional groups attached to an aromatic ring is 1. The Morgan fingerprint density at radius 1 is 1.33 bits per heavy atom. The van der Waals surface area contributed by atoms with Gasteiger partial charge in [-0.1, -0.05) is 6.07 Å². The van der Waals surface area contributed by atoms with E-state index in [-0.39, 0.29) is 5.69 Å². The van der Waals surface area contributed by atoms with E-state index in [1.807, 2.05) is 0 Å². The molecule has 0 radical (unpaired) electrons. The zero-order valence-corrected chi connectivity index (χ0v) is 7.23. The Balaban J connectivity index is 2.95. The van der Waals surface area contributed by atoms with E-state index in [9.17, 15) is 22.4 Å². The third kappa shape index (κ3) is 2.58. The third-order valence-corrected chi connectivity index (χ3v) is 1.54. The number of halogens is 4. The second kappa shape index (κ2) is 3.76. The molecule has 0 aliphatic heterocycles. The van der Waals surface area contributed by atoms with Crippen LogP contribution in [0.2, 0.25) is 0 Å². The van der Waals surface area contributed by atoms with Gasteiger partial charge in [0.2, 0.25) is 0 Å². The van der Waals surface area contributed by atoms with Crippen molar-refractivity contribution >= 4 is 17.3 Å². The normalized spacial score (nSPS) is 11.2. The van der Waals surface area contributed by atoms with Crippen LogP contribution in [-0.4, -0.2) is 12.1 Å². The van der Waals surface area contributed by atoms with Crippen molar-refractivity contribution in [2.75, 3.05) is 11.1 Å². The fourth-order valence-electron chi connectivity index (χ4n) is 0.857. The monoisotopic (exact) mass is 222 g/mol. The first-order valence-corrected chi connectivity index (χ1v) is 3.74. The Morgan fingerprint density at radius 2 is 1.93 bits per heavy atom. The Bertz CT molecular complexity index is 368. The van der Waals surface area contributed by atoms with Gasteiger partial charge < -0.3 is 11.1 Å². The number of benzene rings is 1. The maximum Gasteiger partial charge on any atom is 0.471 e. The molecule has 1 rings (SSSR count). The van der Waals surface area contributed by atoms with Crippen molar-refractivity contribution < 1.29 is 22.4 Å². The first-order chi connectivity index (χ1) is 6.82. The van der Waals surface area contributed by atoms with Crippen molar-refractivity contribution in [3.8, 4) is 0 Å². The fraction of sp³-hybridized carbons (Fsp3) is 0.125. The number of para-hydroxylation sites is 1. The van der Waals surface area contributed by atoms with E-state index >= 15 is 0 Å². The summed E-state index contributed by atoms with van der Waals surface area (Å²) in [6, 6.07) is 3.28. The highest BCUT2D eigenvalue weighted by molar-refractivity contribution is 5.97. The van der Waals surface area contributed by atoms with E-state index in [2.05, 4.69) is 0 Å². The number of nitrogens with one attached hydrogen (secondary N) is 1. The van der Waals surface area contributed by atoms with Gasteiger partial charge in [0.15, 0.2) is 0 Å². The molecule has 3 nitrogen and oxygen atoms in total. The van der Waals surface area contributed by atoms with Crippen LogP contribution >= 0.6 is 0 Å². The Morgan fingerprint density at radius 3 is 2.40 bits per heavy atom. The zero-order valence-electron chi connectivity index (χ0n) is 7.23. The van der Waals surface area contributed by atoms with Crippen LogP contribution in [0.3, 0.4) is 0 Å². The van der Waals surface area contributed by atoms with E-state index < -0.39 is 23.6 Å². The quantitative estimate of drug-likeness (QED) is 0.563. The molecule has 0 bridgehead atoms. The lowest BCUT2D eigenvalue weighted by molar-refractivity contribution is -0.167. The van der Waals surface area contributed by atoms with Crippen LogP contribution in [0, 0.1) is 5.82 Å². The van der Waals surface area contributed by atoms with Crippen molar-refractivity contribution in [3.63, 3.8) is 0 Å². The topological polar surface area (TPSA) is 55.1 Å². The Labute approximate surface area is 81.9 Å². The minimum Gasteiger partial charge on any atom is -0.397 e. The molecule has 82 valence electrons. The summed E-state index contributed by atoms with van der Waals surface area (Å²) in [6.07, 6.45) is -5.07.